The van der Waals surface area contributed by atoms with Crippen LogP contribution in [-0.4, -0.2) is 39.2 Å². The van der Waals surface area contributed by atoms with E-state index in [0.29, 0.717) is 6.04 Å². The molecule has 0 saturated heterocycles. The Hall–Kier alpha value is -0.620. The van der Waals surface area contributed by atoms with Gasteiger partial charge in [-0.3, -0.25) is 0 Å². The molecular weight excluding hydrogens is 224 g/mol. The monoisotopic (exact) mass is 242 g/mol. The Morgan fingerprint density at radius 2 is 2.25 bits per heavy atom. The Bertz CT molecular complexity index is 312. The first-order valence-electron chi connectivity index (χ1n) is 5.90. The maximum absolute atomic E-state index is 5.30. The lowest BCUT2D eigenvalue weighted by atomic mass is 10.3. The second-order valence-corrected chi connectivity index (χ2v) is 4.95. The van der Waals surface area contributed by atoms with Gasteiger partial charge in [0, 0.05) is 12.4 Å². The largest absolute Gasteiger partial charge is 0.381 e. The number of tetrazole rings is 1. The van der Waals surface area contributed by atoms with E-state index in [1.165, 1.54) is 25.7 Å². The van der Waals surface area contributed by atoms with E-state index in [4.69, 9.17) is 4.74 Å². The van der Waals surface area contributed by atoms with Crippen molar-refractivity contribution in [1.82, 2.24) is 20.2 Å². The molecule has 0 atom stereocenters. The molecule has 1 heterocycles. The van der Waals surface area contributed by atoms with Crippen LogP contribution in [0.1, 0.15) is 38.6 Å². The molecule has 1 aromatic heterocycles. The molecule has 0 N–H and O–H groups in total. The van der Waals surface area contributed by atoms with E-state index >= 15 is 0 Å². The van der Waals surface area contributed by atoms with Crippen LogP contribution in [0.5, 0.6) is 0 Å². The fraction of sp³-hybridized carbons (Fsp3) is 0.900. The summed E-state index contributed by atoms with van der Waals surface area (Å²) in [4.78, 5) is 0. The quantitative estimate of drug-likeness (QED) is 0.563. The second-order valence-electron chi connectivity index (χ2n) is 3.89. The minimum atomic E-state index is 0.518. The number of aromatic nitrogens is 4. The van der Waals surface area contributed by atoms with E-state index in [2.05, 4.69) is 15.5 Å². The Morgan fingerprint density at radius 1 is 1.44 bits per heavy atom. The Kier molecular flexibility index (Phi) is 4.59. The van der Waals surface area contributed by atoms with Gasteiger partial charge in [-0.05, 0) is 30.2 Å². The molecule has 1 aliphatic rings. The predicted octanol–water partition coefficient (Wildman–Crippen LogP) is 1.92. The molecule has 0 aromatic carbocycles. The third kappa shape index (κ3) is 2.95. The molecular formula is C10H18N4OS. The Morgan fingerprint density at radius 3 is 3.00 bits per heavy atom. The van der Waals surface area contributed by atoms with E-state index in [1.807, 2.05) is 11.6 Å². The second kappa shape index (κ2) is 6.20. The maximum Gasteiger partial charge on any atom is 0.209 e. The number of thioether (sulfide) groups is 1. The number of ether oxygens (including phenoxy) is 1. The molecule has 90 valence electrons. The normalized spacial score (nSPS) is 17.1. The lowest BCUT2D eigenvalue weighted by Gasteiger charge is -2.10. The highest BCUT2D eigenvalue weighted by atomic mass is 32.2. The van der Waals surface area contributed by atoms with Gasteiger partial charge >= 0.3 is 0 Å². The van der Waals surface area contributed by atoms with E-state index in [0.717, 1.165) is 24.1 Å². The van der Waals surface area contributed by atoms with Crippen LogP contribution in [0.25, 0.3) is 0 Å². The molecule has 1 saturated carbocycles. The summed E-state index contributed by atoms with van der Waals surface area (Å²) in [5, 5.41) is 12.9. The molecule has 0 bridgehead atoms. The average Bonchev–Trinajstić information content (AvgIpc) is 2.94. The van der Waals surface area contributed by atoms with Crippen LogP contribution in [0.4, 0.5) is 0 Å². The molecule has 5 nitrogen and oxygen atoms in total. The lowest BCUT2D eigenvalue weighted by Crippen LogP contribution is -2.09. The van der Waals surface area contributed by atoms with Gasteiger partial charge in [-0.2, -0.15) is 0 Å². The summed E-state index contributed by atoms with van der Waals surface area (Å²) < 4.78 is 7.29. The summed E-state index contributed by atoms with van der Waals surface area (Å²) >= 11 is 1.68. The molecule has 0 spiro atoms. The van der Waals surface area contributed by atoms with Crippen molar-refractivity contribution in [2.24, 2.45) is 0 Å². The van der Waals surface area contributed by atoms with Crippen LogP contribution in [0.15, 0.2) is 5.16 Å². The standard InChI is InChI=1S/C10H18N4OS/c1-2-15-7-8-16-10-11-12-13-14(10)9-5-3-4-6-9/h9H,2-8H2,1H3. The van der Waals surface area contributed by atoms with Crippen molar-refractivity contribution in [3.05, 3.63) is 0 Å². The Balaban J connectivity index is 1.86. The van der Waals surface area contributed by atoms with Gasteiger partial charge in [0.2, 0.25) is 5.16 Å². The van der Waals surface area contributed by atoms with Gasteiger partial charge in [-0.15, -0.1) is 5.10 Å². The fourth-order valence-corrected chi connectivity index (χ4v) is 2.79. The average molecular weight is 242 g/mol. The van der Waals surface area contributed by atoms with E-state index in [-0.39, 0.29) is 0 Å². The highest BCUT2D eigenvalue weighted by Crippen LogP contribution is 2.31. The summed E-state index contributed by atoms with van der Waals surface area (Å²) in [6.07, 6.45) is 5.02. The highest BCUT2D eigenvalue weighted by molar-refractivity contribution is 7.99. The van der Waals surface area contributed by atoms with E-state index in [9.17, 15) is 0 Å². The van der Waals surface area contributed by atoms with Crippen LogP contribution in [0.3, 0.4) is 0 Å². The third-order valence-electron chi connectivity index (χ3n) is 2.80. The van der Waals surface area contributed by atoms with Crippen molar-refractivity contribution in [3.63, 3.8) is 0 Å². The van der Waals surface area contributed by atoms with Crippen molar-refractivity contribution in [2.45, 2.75) is 43.8 Å². The predicted molar refractivity (Wildman–Crippen MR) is 62.5 cm³/mol. The number of rotatable bonds is 6. The first kappa shape index (κ1) is 11.9. The van der Waals surface area contributed by atoms with Crippen LogP contribution < -0.4 is 0 Å². The van der Waals surface area contributed by atoms with Gasteiger partial charge in [0.25, 0.3) is 0 Å². The first-order chi connectivity index (χ1) is 7.92. The molecule has 6 heteroatoms. The third-order valence-corrected chi connectivity index (χ3v) is 3.69. The topological polar surface area (TPSA) is 52.8 Å². The molecule has 1 fully saturated rings. The van der Waals surface area contributed by atoms with Gasteiger partial charge in [0.1, 0.15) is 0 Å². The summed E-state index contributed by atoms with van der Waals surface area (Å²) in [6.45, 7) is 3.54. The van der Waals surface area contributed by atoms with Gasteiger partial charge in [-0.25, -0.2) is 4.68 Å². The maximum atomic E-state index is 5.30. The number of hydrogen-bond donors (Lipinski definition) is 0. The smallest absolute Gasteiger partial charge is 0.209 e. The summed E-state index contributed by atoms with van der Waals surface area (Å²) in [6, 6.07) is 0.518. The van der Waals surface area contributed by atoms with Gasteiger partial charge in [0.05, 0.1) is 12.6 Å². The molecule has 0 amide bonds. The van der Waals surface area contributed by atoms with Crippen LogP contribution in [0, 0.1) is 0 Å². The van der Waals surface area contributed by atoms with Crippen molar-refractivity contribution < 1.29 is 4.74 Å². The Labute approximate surface area is 99.9 Å². The molecule has 16 heavy (non-hydrogen) atoms. The zero-order valence-electron chi connectivity index (χ0n) is 9.63. The number of hydrogen-bond acceptors (Lipinski definition) is 5. The minimum absolute atomic E-state index is 0.518. The highest BCUT2D eigenvalue weighted by Gasteiger charge is 2.21. The molecule has 0 unspecified atom stereocenters. The van der Waals surface area contributed by atoms with E-state index < -0.39 is 0 Å². The SMILES string of the molecule is CCOCCSc1nnnn1C1CCCC1. The van der Waals surface area contributed by atoms with Crippen molar-refractivity contribution in [2.75, 3.05) is 19.0 Å². The lowest BCUT2D eigenvalue weighted by molar-refractivity contribution is 0.164. The molecule has 0 radical (unpaired) electrons. The van der Waals surface area contributed by atoms with Crippen LogP contribution in [0.2, 0.25) is 0 Å². The van der Waals surface area contributed by atoms with Gasteiger partial charge < -0.3 is 4.74 Å². The van der Waals surface area contributed by atoms with E-state index in [1.54, 1.807) is 11.8 Å². The van der Waals surface area contributed by atoms with Gasteiger partial charge in [-0.1, -0.05) is 24.6 Å². The summed E-state index contributed by atoms with van der Waals surface area (Å²) in [5.74, 6) is 0.918. The summed E-state index contributed by atoms with van der Waals surface area (Å²) in [7, 11) is 0. The zero-order chi connectivity index (χ0) is 11.2. The first-order valence-corrected chi connectivity index (χ1v) is 6.88. The molecule has 1 aromatic rings. The van der Waals surface area contributed by atoms with Crippen molar-refractivity contribution in [1.29, 1.82) is 0 Å². The summed E-state index contributed by atoms with van der Waals surface area (Å²) in [5.41, 5.74) is 0. The van der Waals surface area contributed by atoms with Gasteiger partial charge in [0.15, 0.2) is 0 Å². The van der Waals surface area contributed by atoms with Crippen molar-refractivity contribution >= 4 is 11.8 Å². The van der Waals surface area contributed by atoms with Crippen LogP contribution >= 0.6 is 11.8 Å². The fourth-order valence-electron chi connectivity index (χ4n) is 1.99. The minimum Gasteiger partial charge on any atom is -0.381 e. The number of nitrogens with zero attached hydrogens (tertiary/aromatic N) is 4. The molecule has 2 rings (SSSR count). The van der Waals surface area contributed by atoms with Crippen LogP contribution in [-0.2, 0) is 4.74 Å². The van der Waals surface area contributed by atoms with Crippen molar-refractivity contribution in [3.8, 4) is 0 Å². The zero-order valence-corrected chi connectivity index (χ0v) is 10.4. The molecule has 0 aliphatic heterocycles. The molecule has 1 aliphatic carbocycles.